The van der Waals surface area contributed by atoms with E-state index in [-0.39, 0.29) is 5.91 Å². The molecule has 1 amide bonds. The Morgan fingerprint density at radius 3 is 2.28 bits per heavy atom. The Kier molecular flexibility index (Phi) is 7.29. The summed E-state index contributed by atoms with van der Waals surface area (Å²) >= 11 is 0. The predicted molar refractivity (Wildman–Crippen MR) is 98.3 cm³/mol. The third-order valence-corrected chi connectivity index (χ3v) is 3.53. The molecule has 1 N–H and O–H groups in total. The van der Waals surface area contributed by atoms with E-state index in [0.29, 0.717) is 31.3 Å². The second kappa shape index (κ2) is 9.69. The van der Waals surface area contributed by atoms with E-state index >= 15 is 0 Å². The van der Waals surface area contributed by atoms with Crippen LogP contribution < -0.4 is 14.8 Å². The van der Waals surface area contributed by atoms with Crippen molar-refractivity contribution in [2.45, 2.75) is 26.9 Å². The fraction of sp³-hybridized carbons (Fsp3) is 0.350. The van der Waals surface area contributed by atoms with E-state index in [4.69, 9.17) is 14.2 Å². The summed E-state index contributed by atoms with van der Waals surface area (Å²) in [6, 6.07) is 14.8. The number of benzene rings is 2. The lowest BCUT2D eigenvalue weighted by Gasteiger charge is -2.15. The number of rotatable bonds is 9. The molecule has 2 rings (SSSR count). The zero-order chi connectivity index (χ0) is 18.1. The predicted octanol–water partition coefficient (Wildman–Crippen LogP) is 3.82. The Hall–Kier alpha value is -2.53. The summed E-state index contributed by atoms with van der Waals surface area (Å²) in [5.41, 5.74) is 1.84. The van der Waals surface area contributed by atoms with Gasteiger partial charge in [-0.25, -0.2) is 0 Å². The van der Waals surface area contributed by atoms with Gasteiger partial charge in [-0.3, -0.25) is 4.79 Å². The lowest BCUT2D eigenvalue weighted by atomic mass is 10.2. The quantitative estimate of drug-likeness (QED) is 0.703. The van der Waals surface area contributed by atoms with Crippen molar-refractivity contribution in [3.8, 4) is 11.5 Å². The minimum Gasteiger partial charge on any atom is -0.491 e. The molecule has 0 aromatic heterocycles. The van der Waals surface area contributed by atoms with Gasteiger partial charge in [0.25, 0.3) is 5.91 Å². The monoisotopic (exact) mass is 343 g/mol. The summed E-state index contributed by atoms with van der Waals surface area (Å²) in [4.78, 5) is 12.2. The molecule has 0 radical (unpaired) electrons. The number of amides is 1. The average Bonchev–Trinajstić information content (AvgIpc) is 2.62. The maximum Gasteiger partial charge on any atom is 0.265 e. The fourth-order valence-corrected chi connectivity index (χ4v) is 2.12. The molecule has 0 spiro atoms. The standard InChI is InChI=1S/C20H25NO4/c1-4-23-13-14-24-18-11-7-17(8-12-18)21-20(22)16(3)25-19-9-5-15(2)6-10-19/h5-12,16H,4,13-14H2,1-3H3,(H,21,22). The number of carbonyl (C=O) groups is 1. The van der Waals surface area contributed by atoms with Gasteiger partial charge in [0.15, 0.2) is 6.10 Å². The summed E-state index contributed by atoms with van der Waals surface area (Å²) in [5, 5.41) is 2.83. The summed E-state index contributed by atoms with van der Waals surface area (Å²) < 4.78 is 16.4. The van der Waals surface area contributed by atoms with Crippen molar-refractivity contribution in [1.29, 1.82) is 0 Å². The average molecular weight is 343 g/mol. The van der Waals surface area contributed by atoms with E-state index in [9.17, 15) is 4.79 Å². The third-order valence-electron chi connectivity index (χ3n) is 3.53. The molecule has 0 heterocycles. The first-order chi connectivity index (χ1) is 12.1. The second-order valence-corrected chi connectivity index (χ2v) is 5.63. The van der Waals surface area contributed by atoms with Crippen LogP contribution in [-0.4, -0.2) is 31.8 Å². The van der Waals surface area contributed by atoms with E-state index in [2.05, 4.69) is 5.32 Å². The highest BCUT2D eigenvalue weighted by molar-refractivity contribution is 5.94. The SMILES string of the molecule is CCOCCOc1ccc(NC(=O)C(C)Oc2ccc(C)cc2)cc1. The van der Waals surface area contributed by atoms with Crippen LogP contribution in [0.5, 0.6) is 11.5 Å². The molecule has 0 fully saturated rings. The Bertz CT molecular complexity index is 652. The first-order valence-electron chi connectivity index (χ1n) is 8.43. The number of ether oxygens (including phenoxy) is 3. The topological polar surface area (TPSA) is 56.8 Å². The van der Waals surface area contributed by atoms with Crippen molar-refractivity contribution in [1.82, 2.24) is 0 Å². The van der Waals surface area contributed by atoms with E-state index in [1.165, 1.54) is 0 Å². The zero-order valence-electron chi connectivity index (χ0n) is 15.0. The van der Waals surface area contributed by atoms with Crippen molar-refractivity contribution in [3.05, 3.63) is 54.1 Å². The van der Waals surface area contributed by atoms with Gasteiger partial charge >= 0.3 is 0 Å². The smallest absolute Gasteiger partial charge is 0.265 e. The largest absolute Gasteiger partial charge is 0.491 e. The second-order valence-electron chi connectivity index (χ2n) is 5.63. The Labute approximate surface area is 148 Å². The number of carbonyl (C=O) groups excluding carboxylic acids is 1. The Morgan fingerprint density at radius 2 is 1.64 bits per heavy atom. The van der Waals surface area contributed by atoms with Crippen molar-refractivity contribution < 1.29 is 19.0 Å². The number of nitrogens with one attached hydrogen (secondary N) is 1. The summed E-state index contributed by atoms with van der Waals surface area (Å²) in [6.07, 6.45) is -0.593. The zero-order valence-corrected chi connectivity index (χ0v) is 15.0. The van der Waals surface area contributed by atoms with Gasteiger partial charge in [0.2, 0.25) is 0 Å². The van der Waals surface area contributed by atoms with Gasteiger partial charge in [-0.2, -0.15) is 0 Å². The number of aryl methyl sites for hydroxylation is 1. The van der Waals surface area contributed by atoms with Crippen LogP contribution in [0.4, 0.5) is 5.69 Å². The third kappa shape index (κ3) is 6.47. The minimum atomic E-state index is -0.593. The molecule has 0 aliphatic heterocycles. The van der Waals surface area contributed by atoms with Crippen molar-refractivity contribution in [2.24, 2.45) is 0 Å². The highest BCUT2D eigenvalue weighted by Gasteiger charge is 2.14. The van der Waals surface area contributed by atoms with Crippen molar-refractivity contribution in [2.75, 3.05) is 25.1 Å². The van der Waals surface area contributed by atoms with Crippen molar-refractivity contribution >= 4 is 11.6 Å². The molecule has 0 saturated carbocycles. The Morgan fingerprint density at radius 1 is 1.00 bits per heavy atom. The molecule has 2 aromatic carbocycles. The number of anilines is 1. The first kappa shape index (κ1) is 18.8. The molecule has 5 nitrogen and oxygen atoms in total. The van der Waals surface area contributed by atoms with Gasteiger partial charge in [0.1, 0.15) is 18.1 Å². The van der Waals surface area contributed by atoms with Crippen LogP contribution in [0.25, 0.3) is 0 Å². The normalized spacial score (nSPS) is 11.6. The molecule has 1 atom stereocenters. The van der Waals surface area contributed by atoms with Crippen LogP contribution in [0, 0.1) is 6.92 Å². The molecular weight excluding hydrogens is 318 g/mol. The lowest BCUT2D eigenvalue weighted by Crippen LogP contribution is -2.30. The van der Waals surface area contributed by atoms with Gasteiger partial charge in [-0.1, -0.05) is 17.7 Å². The van der Waals surface area contributed by atoms with Gasteiger partial charge in [0.05, 0.1) is 6.61 Å². The van der Waals surface area contributed by atoms with E-state index in [1.807, 2.05) is 50.2 Å². The van der Waals surface area contributed by atoms with Crippen LogP contribution in [-0.2, 0) is 9.53 Å². The summed E-state index contributed by atoms with van der Waals surface area (Å²) in [6.45, 7) is 7.41. The molecule has 0 saturated heterocycles. The van der Waals surface area contributed by atoms with E-state index < -0.39 is 6.10 Å². The molecule has 0 bridgehead atoms. The minimum absolute atomic E-state index is 0.203. The first-order valence-corrected chi connectivity index (χ1v) is 8.43. The molecule has 25 heavy (non-hydrogen) atoms. The van der Waals surface area contributed by atoms with E-state index in [1.54, 1.807) is 19.1 Å². The molecule has 1 unspecified atom stereocenters. The van der Waals surface area contributed by atoms with Crippen LogP contribution in [0.2, 0.25) is 0 Å². The molecule has 5 heteroatoms. The summed E-state index contributed by atoms with van der Waals surface area (Å²) in [5.74, 6) is 1.21. The molecule has 2 aromatic rings. The molecule has 0 aliphatic rings. The lowest BCUT2D eigenvalue weighted by molar-refractivity contribution is -0.122. The number of hydrogen-bond donors (Lipinski definition) is 1. The van der Waals surface area contributed by atoms with Gasteiger partial charge in [-0.15, -0.1) is 0 Å². The van der Waals surface area contributed by atoms with Gasteiger partial charge < -0.3 is 19.5 Å². The van der Waals surface area contributed by atoms with E-state index in [0.717, 1.165) is 11.3 Å². The van der Waals surface area contributed by atoms with Crippen molar-refractivity contribution in [3.63, 3.8) is 0 Å². The maximum atomic E-state index is 12.2. The van der Waals surface area contributed by atoms with Crippen LogP contribution in [0.3, 0.4) is 0 Å². The maximum absolute atomic E-state index is 12.2. The van der Waals surface area contributed by atoms with Crippen LogP contribution >= 0.6 is 0 Å². The molecule has 134 valence electrons. The van der Waals surface area contributed by atoms with Crippen LogP contribution in [0.1, 0.15) is 19.4 Å². The number of hydrogen-bond acceptors (Lipinski definition) is 4. The fourth-order valence-electron chi connectivity index (χ4n) is 2.12. The molecule has 0 aliphatic carbocycles. The van der Waals surface area contributed by atoms with Gasteiger partial charge in [0, 0.05) is 12.3 Å². The molecular formula is C20H25NO4. The Balaban J connectivity index is 1.81. The summed E-state index contributed by atoms with van der Waals surface area (Å²) in [7, 11) is 0. The highest BCUT2D eigenvalue weighted by atomic mass is 16.5. The van der Waals surface area contributed by atoms with Gasteiger partial charge in [-0.05, 0) is 57.2 Å². The highest BCUT2D eigenvalue weighted by Crippen LogP contribution is 2.17. The van der Waals surface area contributed by atoms with Crippen LogP contribution in [0.15, 0.2) is 48.5 Å².